The molecule has 0 bridgehead atoms. The molecule has 1 aromatic carbocycles. The quantitative estimate of drug-likeness (QED) is 0.910. The zero-order valence-corrected chi connectivity index (χ0v) is 12.8. The van der Waals surface area contributed by atoms with E-state index in [1.807, 2.05) is 27.7 Å². The minimum absolute atomic E-state index is 0.0683. The number of rotatable bonds is 3. The lowest BCUT2D eigenvalue weighted by Gasteiger charge is -2.33. The van der Waals surface area contributed by atoms with Gasteiger partial charge in [0.25, 0.3) is 0 Å². The molecule has 0 aromatic heterocycles. The highest BCUT2D eigenvalue weighted by atomic mass is 19.2. The number of nitrogens with one attached hydrogen (secondary N) is 1. The second-order valence-corrected chi connectivity index (χ2v) is 6.69. The molecule has 20 heavy (non-hydrogen) atoms. The molecule has 0 amide bonds. The first-order chi connectivity index (χ1) is 9.18. The lowest BCUT2D eigenvalue weighted by atomic mass is 9.79. The van der Waals surface area contributed by atoms with Crippen LogP contribution >= 0.6 is 0 Å². The second-order valence-electron chi connectivity index (χ2n) is 6.69. The lowest BCUT2D eigenvalue weighted by molar-refractivity contribution is -0.0777. The van der Waals surface area contributed by atoms with Crippen molar-refractivity contribution < 1.29 is 13.5 Å². The van der Waals surface area contributed by atoms with Gasteiger partial charge in [0.05, 0.1) is 11.2 Å². The topological polar surface area (TPSA) is 21.3 Å². The smallest absolute Gasteiger partial charge is 0.163 e. The first-order valence-electron chi connectivity index (χ1n) is 6.99. The van der Waals surface area contributed by atoms with Crippen LogP contribution in [0.15, 0.2) is 18.2 Å². The Morgan fingerprint density at radius 3 is 2.40 bits per heavy atom. The van der Waals surface area contributed by atoms with E-state index in [4.69, 9.17) is 4.74 Å². The molecular formula is C16H23F2NO. The molecule has 112 valence electrons. The number of hydrogen-bond acceptors (Lipinski definition) is 2. The van der Waals surface area contributed by atoms with E-state index in [9.17, 15) is 8.78 Å². The van der Waals surface area contributed by atoms with E-state index in [1.165, 1.54) is 0 Å². The average Bonchev–Trinajstić information content (AvgIpc) is 2.54. The molecule has 2 unspecified atom stereocenters. The monoisotopic (exact) mass is 283 g/mol. The Hall–Kier alpha value is -1.00. The summed E-state index contributed by atoms with van der Waals surface area (Å²) in [7, 11) is 1.77. The molecule has 1 saturated heterocycles. The zero-order valence-electron chi connectivity index (χ0n) is 12.8. The van der Waals surface area contributed by atoms with Gasteiger partial charge in [0.1, 0.15) is 0 Å². The predicted octanol–water partition coefficient (Wildman–Crippen LogP) is 3.82. The molecule has 0 saturated carbocycles. The van der Waals surface area contributed by atoms with Gasteiger partial charge in [-0.15, -0.1) is 0 Å². The van der Waals surface area contributed by atoms with Crippen LogP contribution in [0.4, 0.5) is 8.78 Å². The van der Waals surface area contributed by atoms with Crippen molar-refractivity contribution in [3.05, 3.63) is 35.4 Å². The summed E-state index contributed by atoms with van der Waals surface area (Å²) in [4.78, 5) is 0. The molecule has 1 fully saturated rings. The van der Waals surface area contributed by atoms with Gasteiger partial charge in [-0.05, 0) is 47.2 Å². The first kappa shape index (κ1) is 15.4. The Balaban J connectivity index is 2.40. The minimum atomic E-state index is -0.807. The normalized spacial score (nSPS) is 25.6. The minimum Gasteiger partial charge on any atom is -0.369 e. The summed E-state index contributed by atoms with van der Waals surface area (Å²) in [5, 5.41) is 3.14. The van der Waals surface area contributed by atoms with E-state index in [1.54, 1.807) is 19.2 Å². The molecule has 1 aliphatic rings. The number of ether oxygens (including phenoxy) is 1. The van der Waals surface area contributed by atoms with Gasteiger partial charge in [0, 0.05) is 17.5 Å². The lowest BCUT2D eigenvalue weighted by Crippen LogP contribution is -2.37. The Morgan fingerprint density at radius 1 is 1.25 bits per heavy atom. The summed E-state index contributed by atoms with van der Waals surface area (Å²) < 4.78 is 33.6. The maximum Gasteiger partial charge on any atom is 0.163 e. The first-order valence-corrected chi connectivity index (χ1v) is 6.99. The van der Waals surface area contributed by atoms with E-state index in [0.29, 0.717) is 5.56 Å². The molecule has 0 spiro atoms. The Morgan fingerprint density at radius 2 is 1.90 bits per heavy atom. The number of hydrogen-bond donors (Lipinski definition) is 1. The highest BCUT2D eigenvalue weighted by molar-refractivity contribution is 5.24. The molecule has 1 heterocycles. The van der Waals surface area contributed by atoms with Crippen LogP contribution in [0.1, 0.15) is 45.7 Å². The zero-order chi connectivity index (χ0) is 15.1. The van der Waals surface area contributed by atoms with Gasteiger partial charge in [0.15, 0.2) is 11.6 Å². The highest BCUT2D eigenvalue weighted by Gasteiger charge is 2.49. The van der Waals surface area contributed by atoms with E-state index in [0.717, 1.165) is 12.5 Å². The summed E-state index contributed by atoms with van der Waals surface area (Å²) in [5.41, 5.74) is -0.282. The van der Waals surface area contributed by atoms with E-state index in [-0.39, 0.29) is 17.6 Å². The van der Waals surface area contributed by atoms with Crippen LogP contribution in [0.25, 0.3) is 0 Å². The van der Waals surface area contributed by atoms with Crippen LogP contribution in [0.5, 0.6) is 0 Å². The third kappa shape index (κ3) is 2.72. The van der Waals surface area contributed by atoms with Crippen molar-refractivity contribution in [2.24, 2.45) is 5.92 Å². The summed E-state index contributed by atoms with van der Waals surface area (Å²) in [5.74, 6) is -1.51. The fourth-order valence-corrected chi connectivity index (χ4v) is 3.46. The van der Waals surface area contributed by atoms with Gasteiger partial charge in [-0.3, -0.25) is 0 Å². The molecule has 4 heteroatoms. The van der Waals surface area contributed by atoms with Gasteiger partial charge >= 0.3 is 0 Å². The van der Waals surface area contributed by atoms with Gasteiger partial charge < -0.3 is 10.1 Å². The van der Waals surface area contributed by atoms with Crippen LogP contribution in [0.3, 0.4) is 0 Å². The van der Waals surface area contributed by atoms with Crippen molar-refractivity contribution in [2.75, 3.05) is 7.05 Å². The summed E-state index contributed by atoms with van der Waals surface area (Å²) >= 11 is 0. The van der Waals surface area contributed by atoms with Crippen LogP contribution in [0, 0.1) is 17.6 Å². The Kier molecular flexibility index (Phi) is 3.91. The van der Waals surface area contributed by atoms with Gasteiger partial charge in [-0.25, -0.2) is 8.78 Å². The number of benzene rings is 1. The molecule has 0 radical (unpaired) electrons. The summed E-state index contributed by atoms with van der Waals surface area (Å²) in [6, 6.07) is 4.06. The van der Waals surface area contributed by atoms with Gasteiger partial charge in [-0.1, -0.05) is 12.1 Å². The van der Waals surface area contributed by atoms with Crippen molar-refractivity contribution in [2.45, 2.75) is 51.4 Å². The fourth-order valence-electron chi connectivity index (χ4n) is 3.46. The molecule has 2 nitrogen and oxygen atoms in total. The van der Waals surface area contributed by atoms with Gasteiger partial charge in [0.2, 0.25) is 0 Å². The maximum atomic E-state index is 14.1. The second kappa shape index (κ2) is 5.08. The Bertz CT molecular complexity index is 499. The molecule has 1 aromatic rings. The van der Waals surface area contributed by atoms with Crippen molar-refractivity contribution in [1.82, 2.24) is 5.32 Å². The van der Waals surface area contributed by atoms with Crippen molar-refractivity contribution in [3.8, 4) is 0 Å². The van der Waals surface area contributed by atoms with E-state index < -0.39 is 17.2 Å². The maximum absolute atomic E-state index is 14.1. The van der Waals surface area contributed by atoms with E-state index >= 15 is 0 Å². The molecular weight excluding hydrogens is 260 g/mol. The van der Waals surface area contributed by atoms with Crippen molar-refractivity contribution >= 4 is 0 Å². The summed E-state index contributed by atoms with van der Waals surface area (Å²) in [6.07, 6.45) is 0.793. The van der Waals surface area contributed by atoms with E-state index in [2.05, 4.69) is 5.32 Å². The van der Waals surface area contributed by atoms with Crippen LogP contribution in [-0.4, -0.2) is 18.2 Å². The third-order valence-corrected chi connectivity index (χ3v) is 4.17. The van der Waals surface area contributed by atoms with Crippen LogP contribution in [0.2, 0.25) is 0 Å². The fraction of sp³-hybridized carbons (Fsp3) is 0.625. The third-order valence-electron chi connectivity index (χ3n) is 4.17. The number of halogens is 2. The van der Waals surface area contributed by atoms with Crippen molar-refractivity contribution in [1.29, 1.82) is 0 Å². The standard InChI is InChI=1S/C16H23F2NO/c1-15(2)9-11(16(3,4)20-15)14(19-5)10-7-6-8-12(17)13(10)18/h6-8,11,14,19H,9H2,1-5H3. The van der Waals surface area contributed by atoms with Crippen LogP contribution < -0.4 is 5.32 Å². The highest BCUT2D eigenvalue weighted by Crippen LogP contribution is 2.47. The van der Waals surface area contributed by atoms with Gasteiger partial charge in [-0.2, -0.15) is 0 Å². The van der Waals surface area contributed by atoms with Crippen LogP contribution in [-0.2, 0) is 4.74 Å². The molecule has 2 atom stereocenters. The molecule has 1 aliphatic heterocycles. The molecule has 2 rings (SSSR count). The predicted molar refractivity (Wildman–Crippen MR) is 75.5 cm³/mol. The molecule has 0 aliphatic carbocycles. The summed E-state index contributed by atoms with van der Waals surface area (Å²) in [6.45, 7) is 8.08. The Labute approximate surface area is 119 Å². The largest absolute Gasteiger partial charge is 0.369 e. The molecule has 1 N–H and O–H groups in total. The average molecular weight is 283 g/mol. The van der Waals surface area contributed by atoms with Crippen molar-refractivity contribution in [3.63, 3.8) is 0 Å². The SMILES string of the molecule is CNC(c1cccc(F)c1F)C1CC(C)(C)OC1(C)C.